The molecular weight excluding hydrogens is 356 g/mol. The molecule has 0 bridgehead atoms. The van der Waals surface area contributed by atoms with Gasteiger partial charge in [0.25, 0.3) is 0 Å². The van der Waals surface area contributed by atoms with Gasteiger partial charge in [0.1, 0.15) is 0 Å². The summed E-state index contributed by atoms with van der Waals surface area (Å²) in [6.07, 6.45) is 18.0. The third-order valence-corrected chi connectivity index (χ3v) is 9.75. The minimum absolute atomic E-state index is 0.278. The van der Waals surface area contributed by atoms with Gasteiger partial charge in [0.15, 0.2) is 0 Å². The smallest absolute Gasteiger partial charge is 0.0682 e. The molecule has 4 aliphatic rings. The Hall–Kier alpha value is -1.45. The van der Waals surface area contributed by atoms with E-state index in [1.165, 1.54) is 63.5 Å². The number of aryl methyl sites for hydroxylation is 2. The molecule has 0 spiro atoms. The maximum atomic E-state index is 4.81. The fraction of sp³-hybridized carbons (Fsp3) is 0.800. The molecular formula is C25H38N4. The number of rotatable bonds is 2. The first-order chi connectivity index (χ1) is 13.9. The normalized spacial score (nSPS) is 43.4. The summed E-state index contributed by atoms with van der Waals surface area (Å²) in [5, 5.41) is 13.7. The van der Waals surface area contributed by atoms with Crippen LogP contribution in [0.3, 0.4) is 0 Å². The highest BCUT2D eigenvalue weighted by molar-refractivity contribution is 5.93. The Morgan fingerprint density at radius 2 is 1.93 bits per heavy atom. The van der Waals surface area contributed by atoms with Crippen molar-refractivity contribution in [2.75, 3.05) is 0 Å². The lowest BCUT2D eigenvalue weighted by molar-refractivity contribution is -0.0936. The van der Waals surface area contributed by atoms with Crippen molar-refractivity contribution in [1.82, 2.24) is 9.78 Å². The quantitative estimate of drug-likeness (QED) is 0.452. The first kappa shape index (κ1) is 19.5. The molecule has 1 aromatic rings. The van der Waals surface area contributed by atoms with Gasteiger partial charge in [-0.05, 0) is 87.4 Å². The lowest BCUT2D eigenvalue weighted by Crippen LogP contribution is -2.52. The second-order valence-corrected chi connectivity index (χ2v) is 11.0. The third kappa shape index (κ3) is 3.04. The van der Waals surface area contributed by atoms with Gasteiger partial charge in [-0.1, -0.05) is 26.7 Å². The Labute approximate surface area is 176 Å². The van der Waals surface area contributed by atoms with E-state index in [-0.39, 0.29) is 5.41 Å². The molecule has 1 heterocycles. The summed E-state index contributed by atoms with van der Waals surface area (Å²) in [7, 11) is 1.96. The SMILES string of the molecule is Cc1nn(C)cc1/C=N\N=C1/CC[C@@H]2[C@H]3CC[C@@H]4CCCC[C@]4(C)[C@@H]3CC[C@@]12C. The van der Waals surface area contributed by atoms with Crippen molar-refractivity contribution >= 4 is 11.9 Å². The van der Waals surface area contributed by atoms with E-state index >= 15 is 0 Å². The zero-order valence-corrected chi connectivity index (χ0v) is 18.8. The van der Waals surface area contributed by atoms with Gasteiger partial charge in [-0.2, -0.15) is 15.3 Å². The highest BCUT2D eigenvalue weighted by atomic mass is 15.3. The van der Waals surface area contributed by atoms with E-state index in [9.17, 15) is 0 Å². The molecule has 1 aromatic heterocycles. The van der Waals surface area contributed by atoms with E-state index < -0.39 is 0 Å². The molecule has 29 heavy (non-hydrogen) atoms. The highest BCUT2D eigenvalue weighted by Gasteiger charge is 2.58. The van der Waals surface area contributed by atoms with Crippen LogP contribution in [0.5, 0.6) is 0 Å². The topological polar surface area (TPSA) is 42.5 Å². The summed E-state index contributed by atoms with van der Waals surface area (Å²) < 4.78 is 1.85. The zero-order chi connectivity index (χ0) is 20.2. The summed E-state index contributed by atoms with van der Waals surface area (Å²) >= 11 is 0. The van der Waals surface area contributed by atoms with Gasteiger partial charge in [0.2, 0.25) is 0 Å². The molecule has 0 saturated heterocycles. The van der Waals surface area contributed by atoms with E-state index in [1.807, 2.05) is 31.1 Å². The lowest BCUT2D eigenvalue weighted by Gasteiger charge is -2.59. The summed E-state index contributed by atoms with van der Waals surface area (Å²) in [5.41, 5.74) is 4.36. The Bertz CT molecular complexity index is 836. The minimum Gasteiger partial charge on any atom is -0.275 e. The van der Waals surface area contributed by atoms with E-state index in [1.54, 1.807) is 0 Å². The summed E-state index contributed by atoms with van der Waals surface area (Å²) in [6, 6.07) is 0. The molecule has 158 valence electrons. The minimum atomic E-state index is 0.278. The van der Waals surface area contributed by atoms with Crippen LogP contribution in [0.25, 0.3) is 0 Å². The summed E-state index contributed by atoms with van der Waals surface area (Å²) in [4.78, 5) is 0. The maximum absolute atomic E-state index is 4.81. The standard InChI is InChI=1S/C25H38N4/c1-17-18(16-29(4)28-17)15-26-27-23-11-10-21-20-9-8-19-7-5-6-13-24(19,2)22(20)12-14-25(21,23)3/h15-16,19-22H,5-14H2,1-4H3/b26-15-,27-23+/t19-,20+,21+,22+,24-,25+/m0/s1. The maximum Gasteiger partial charge on any atom is 0.0682 e. The number of hydrogen-bond donors (Lipinski definition) is 0. The monoisotopic (exact) mass is 394 g/mol. The molecule has 5 rings (SSSR count). The molecule has 0 N–H and O–H groups in total. The molecule has 4 saturated carbocycles. The van der Waals surface area contributed by atoms with Crippen molar-refractivity contribution in [3.63, 3.8) is 0 Å². The molecule has 4 aliphatic carbocycles. The fourth-order valence-corrected chi connectivity index (χ4v) is 8.15. The molecule has 0 aliphatic heterocycles. The third-order valence-electron chi connectivity index (χ3n) is 9.75. The van der Waals surface area contributed by atoms with E-state index in [0.29, 0.717) is 5.41 Å². The Kier molecular flexibility index (Phi) is 4.75. The van der Waals surface area contributed by atoms with Gasteiger partial charge in [-0.3, -0.25) is 4.68 Å². The van der Waals surface area contributed by atoms with E-state index in [4.69, 9.17) is 5.10 Å². The predicted octanol–water partition coefficient (Wildman–Crippen LogP) is 5.94. The van der Waals surface area contributed by atoms with Crippen LogP contribution in [0, 0.1) is 41.4 Å². The van der Waals surface area contributed by atoms with Gasteiger partial charge >= 0.3 is 0 Å². The molecule has 0 amide bonds. The van der Waals surface area contributed by atoms with Crippen LogP contribution in [-0.4, -0.2) is 21.7 Å². The van der Waals surface area contributed by atoms with Crippen LogP contribution < -0.4 is 0 Å². The van der Waals surface area contributed by atoms with Gasteiger partial charge in [0.05, 0.1) is 11.9 Å². The average Bonchev–Trinajstić information content (AvgIpc) is 3.19. The van der Waals surface area contributed by atoms with E-state index in [0.717, 1.165) is 41.3 Å². The Balaban J connectivity index is 1.37. The fourth-order valence-electron chi connectivity index (χ4n) is 8.15. The number of hydrogen-bond acceptors (Lipinski definition) is 3. The molecule has 4 heteroatoms. The van der Waals surface area contributed by atoms with Crippen LogP contribution in [-0.2, 0) is 7.05 Å². The molecule has 0 aromatic carbocycles. The Morgan fingerprint density at radius 1 is 1.07 bits per heavy atom. The van der Waals surface area contributed by atoms with Crippen LogP contribution in [0.4, 0.5) is 0 Å². The number of fused-ring (bicyclic) bond motifs is 5. The first-order valence-electron chi connectivity index (χ1n) is 12.0. The zero-order valence-electron chi connectivity index (χ0n) is 18.8. The van der Waals surface area contributed by atoms with Crippen molar-refractivity contribution in [2.24, 2.45) is 51.8 Å². The molecule has 0 radical (unpaired) electrons. The van der Waals surface area contributed by atoms with Gasteiger partial charge in [-0.15, -0.1) is 0 Å². The van der Waals surface area contributed by atoms with Gasteiger partial charge in [-0.25, -0.2) is 0 Å². The van der Waals surface area contributed by atoms with Crippen LogP contribution in [0.15, 0.2) is 16.4 Å². The van der Waals surface area contributed by atoms with Gasteiger partial charge in [0, 0.05) is 29.9 Å². The molecule has 0 unspecified atom stereocenters. The van der Waals surface area contributed by atoms with E-state index in [2.05, 4.69) is 24.0 Å². The van der Waals surface area contributed by atoms with Gasteiger partial charge < -0.3 is 0 Å². The van der Waals surface area contributed by atoms with Crippen molar-refractivity contribution in [2.45, 2.75) is 85.0 Å². The van der Waals surface area contributed by atoms with Crippen molar-refractivity contribution in [3.8, 4) is 0 Å². The van der Waals surface area contributed by atoms with Crippen LogP contribution in [0.2, 0.25) is 0 Å². The van der Waals surface area contributed by atoms with Crippen molar-refractivity contribution < 1.29 is 0 Å². The molecule has 4 nitrogen and oxygen atoms in total. The summed E-state index contributed by atoms with van der Waals surface area (Å²) in [5.74, 6) is 3.71. The number of aromatic nitrogens is 2. The largest absolute Gasteiger partial charge is 0.275 e. The van der Waals surface area contributed by atoms with Crippen LogP contribution in [0.1, 0.15) is 89.3 Å². The molecule has 6 atom stereocenters. The van der Waals surface area contributed by atoms with Crippen molar-refractivity contribution in [1.29, 1.82) is 0 Å². The highest BCUT2D eigenvalue weighted by Crippen LogP contribution is 2.65. The average molecular weight is 395 g/mol. The second-order valence-electron chi connectivity index (χ2n) is 11.0. The number of nitrogens with zero attached hydrogens (tertiary/aromatic N) is 4. The molecule has 4 fully saturated rings. The first-order valence-corrected chi connectivity index (χ1v) is 12.0. The second kappa shape index (κ2) is 7.06. The van der Waals surface area contributed by atoms with Crippen LogP contribution >= 0.6 is 0 Å². The summed E-state index contributed by atoms with van der Waals surface area (Å²) in [6.45, 7) is 7.21. The Morgan fingerprint density at radius 3 is 2.72 bits per heavy atom. The predicted molar refractivity (Wildman–Crippen MR) is 119 cm³/mol. The lowest BCUT2D eigenvalue weighted by atomic mass is 9.45. The van der Waals surface area contributed by atoms with Crippen molar-refractivity contribution in [3.05, 3.63) is 17.5 Å².